The lowest BCUT2D eigenvalue weighted by Crippen LogP contribution is -2.68. The zero-order chi connectivity index (χ0) is 21.0. The van der Waals surface area contributed by atoms with Crippen LogP contribution in [0.3, 0.4) is 0 Å². The van der Waals surface area contributed by atoms with Crippen molar-refractivity contribution in [3.63, 3.8) is 0 Å². The molecule has 4 heterocycles. The Balaban J connectivity index is 1.70. The van der Waals surface area contributed by atoms with Crippen molar-refractivity contribution in [1.82, 2.24) is 9.97 Å². The second-order valence-corrected chi connectivity index (χ2v) is 7.87. The molecule has 0 radical (unpaired) electrons. The molecule has 2 fully saturated rings. The number of nitrogens with zero attached hydrogens (tertiary/aromatic N) is 3. The lowest BCUT2D eigenvalue weighted by molar-refractivity contribution is -0.161. The molecule has 9 heteroatoms. The predicted molar refractivity (Wildman–Crippen MR) is 109 cm³/mol. The Hall–Kier alpha value is -2.71. The van der Waals surface area contributed by atoms with Gasteiger partial charge in [-0.2, -0.15) is 0 Å². The topological polar surface area (TPSA) is 56.7 Å². The van der Waals surface area contributed by atoms with E-state index < -0.39 is 11.6 Å². The second-order valence-electron chi connectivity index (χ2n) is 7.48. The molecule has 0 aliphatic carbocycles. The molecule has 30 heavy (non-hydrogen) atoms. The fraction of sp³-hybridized carbons (Fsp3) is 0.333. The smallest absolute Gasteiger partial charge is 0.177 e. The number of hydrogen-bond donors (Lipinski definition) is 0. The molecular weight excluding hydrogens is 416 g/mol. The predicted octanol–water partition coefficient (Wildman–Crippen LogP) is 4.22. The summed E-state index contributed by atoms with van der Waals surface area (Å²) in [7, 11) is 2.62. The summed E-state index contributed by atoms with van der Waals surface area (Å²) < 4.78 is 46.0. The average Bonchev–Trinajstić information content (AvgIpc) is 2.66. The Bertz CT molecular complexity index is 1130. The molecule has 0 saturated carbocycles. The molecule has 6 nitrogen and oxygen atoms in total. The number of halogens is 3. The summed E-state index contributed by atoms with van der Waals surface area (Å²) in [5.41, 5.74) is -0.347. The van der Waals surface area contributed by atoms with Crippen molar-refractivity contribution in [2.45, 2.75) is 12.0 Å². The Morgan fingerprint density at radius 1 is 1.10 bits per heavy atom. The third kappa shape index (κ3) is 2.86. The number of anilines is 1. The van der Waals surface area contributed by atoms with Crippen molar-refractivity contribution in [3.8, 4) is 22.8 Å². The van der Waals surface area contributed by atoms with E-state index in [2.05, 4.69) is 9.97 Å². The molecule has 0 amide bonds. The minimum Gasteiger partial charge on any atom is -0.494 e. The van der Waals surface area contributed by atoms with Crippen LogP contribution in [0.15, 0.2) is 24.4 Å². The molecule has 0 bridgehead atoms. The van der Waals surface area contributed by atoms with E-state index in [-0.39, 0.29) is 28.4 Å². The van der Waals surface area contributed by atoms with Crippen molar-refractivity contribution in [1.29, 1.82) is 0 Å². The highest BCUT2D eigenvalue weighted by molar-refractivity contribution is 6.30. The van der Waals surface area contributed by atoms with Crippen LogP contribution in [0, 0.1) is 11.6 Å². The number of fused-ring (bicyclic) bond motifs is 1. The molecule has 2 aromatic heterocycles. The second kappa shape index (κ2) is 6.92. The van der Waals surface area contributed by atoms with Crippen LogP contribution in [0.2, 0.25) is 5.15 Å². The lowest BCUT2D eigenvalue weighted by Gasteiger charge is -2.55. The van der Waals surface area contributed by atoms with Gasteiger partial charge in [0.05, 0.1) is 45.2 Å². The third-order valence-electron chi connectivity index (χ3n) is 5.71. The van der Waals surface area contributed by atoms with E-state index >= 15 is 8.78 Å². The molecule has 0 unspecified atom stereocenters. The molecular formula is C21H18ClF2N3O3. The first-order valence-corrected chi connectivity index (χ1v) is 9.78. The number of rotatable bonds is 4. The molecule has 5 rings (SSSR count). The number of ether oxygens (including phenoxy) is 3. The van der Waals surface area contributed by atoms with Gasteiger partial charge < -0.3 is 19.1 Å². The van der Waals surface area contributed by atoms with Crippen LogP contribution in [0.1, 0.15) is 6.42 Å². The molecule has 0 atom stereocenters. The van der Waals surface area contributed by atoms with Crippen LogP contribution in [0.25, 0.3) is 22.0 Å². The number of methoxy groups -OCH3 is 2. The maximum Gasteiger partial charge on any atom is 0.177 e. The van der Waals surface area contributed by atoms with Crippen molar-refractivity contribution in [3.05, 3.63) is 41.2 Å². The van der Waals surface area contributed by atoms with Gasteiger partial charge in [0, 0.05) is 29.5 Å². The molecule has 1 aromatic carbocycles. The van der Waals surface area contributed by atoms with E-state index in [1.807, 2.05) is 4.90 Å². The fourth-order valence-corrected chi connectivity index (χ4v) is 4.18. The monoisotopic (exact) mass is 433 g/mol. The third-order valence-corrected chi connectivity index (χ3v) is 5.92. The summed E-state index contributed by atoms with van der Waals surface area (Å²) in [6.45, 7) is 2.06. The van der Waals surface area contributed by atoms with Crippen molar-refractivity contribution >= 4 is 28.2 Å². The first-order chi connectivity index (χ1) is 14.4. The number of hydrogen-bond acceptors (Lipinski definition) is 6. The molecule has 2 aliphatic heterocycles. The minimum atomic E-state index is -0.849. The van der Waals surface area contributed by atoms with Crippen LogP contribution >= 0.6 is 11.6 Å². The van der Waals surface area contributed by atoms with Crippen LogP contribution in [-0.4, -0.2) is 49.5 Å². The van der Waals surface area contributed by atoms with Gasteiger partial charge in [-0.05, 0) is 12.1 Å². The molecule has 2 aliphatic rings. The lowest BCUT2D eigenvalue weighted by atomic mass is 9.86. The number of benzene rings is 1. The maximum absolute atomic E-state index is 15.1. The van der Waals surface area contributed by atoms with Gasteiger partial charge in [0.15, 0.2) is 23.1 Å². The van der Waals surface area contributed by atoms with E-state index in [1.165, 1.54) is 20.3 Å². The Morgan fingerprint density at radius 3 is 2.33 bits per heavy atom. The van der Waals surface area contributed by atoms with Gasteiger partial charge in [-0.25, -0.2) is 18.7 Å². The normalized spacial score (nSPS) is 17.0. The maximum atomic E-state index is 15.1. The largest absolute Gasteiger partial charge is 0.494 e. The van der Waals surface area contributed by atoms with Gasteiger partial charge in [0.2, 0.25) is 0 Å². The van der Waals surface area contributed by atoms with Crippen molar-refractivity contribution < 1.29 is 23.0 Å². The highest BCUT2D eigenvalue weighted by Gasteiger charge is 2.50. The zero-order valence-corrected chi connectivity index (χ0v) is 17.1. The minimum absolute atomic E-state index is 0.115. The molecule has 3 aromatic rings. The summed E-state index contributed by atoms with van der Waals surface area (Å²) in [5, 5.41) is 1.73. The summed E-state index contributed by atoms with van der Waals surface area (Å²) >= 11 is 6.10. The van der Waals surface area contributed by atoms with Crippen LogP contribution in [-0.2, 0) is 4.74 Å². The summed E-state index contributed by atoms with van der Waals surface area (Å²) in [4.78, 5) is 10.8. The van der Waals surface area contributed by atoms with Crippen molar-refractivity contribution in [2.75, 3.05) is 38.8 Å². The highest BCUT2D eigenvalue weighted by atomic mass is 35.5. The van der Waals surface area contributed by atoms with Gasteiger partial charge in [-0.15, -0.1) is 0 Å². The van der Waals surface area contributed by atoms with Gasteiger partial charge in [-0.1, -0.05) is 11.6 Å². The number of pyridine rings is 2. The zero-order valence-electron chi connectivity index (χ0n) is 16.3. The molecule has 1 spiro atoms. The molecule has 2 saturated heterocycles. The SMILES string of the molecule is COc1cc(OC)c(F)c(-c2cc3cnc(Cl)cc3c(N3CC4(CCO4)C3)n2)c1F. The van der Waals surface area contributed by atoms with Crippen LogP contribution < -0.4 is 14.4 Å². The van der Waals surface area contributed by atoms with E-state index in [0.29, 0.717) is 29.4 Å². The van der Waals surface area contributed by atoms with Gasteiger partial charge in [0.1, 0.15) is 16.6 Å². The van der Waals surface area contributed by atoms with Gasteiger partial charge >= 0.3 is 0 Å². The molecule has 0 N–H and O–H groups in total. The first kappa shape index (κ1) is 19.3. The van der Waals surface area contributed by atoms with Crippen molar-refractivity contribution in [2.24, 2.45) is 0 Å². The van der Waals surface area contributed by atoms with E-state index in [0.717, 1.165) is 18.4 Å². The Morgan fingerprint density at radius 2 is 1.77 bits per heavy atom. The fourth-order valence-electron chi connectivity index (χ4n) is 4.02. The summed E-state index contributed by atoms with van der Waals surface area (Å²) in [5.74, 6) is -1.39. The number of aromatic nitrogens is 2. The van der Waals surface area contributed by atoms with Gasteiger partial charge in [0.25, 0.3) is 0 Å². The first-order valence-electron chi connectivity index (χ1n) is 9.40. The van der Waals surface area contributed by atoms with E-state index in [4.69, 9.17) is 25.8 Å². The Kier molecular flexibility index (Phi) is 4.44. The van der Waals surface area contributed by atoms with Gasteiger partial charge in [-0.3, -0.25) is 0 Å². The average molecular weight is 434 g/mol. The highest BCUT2D eigenvalue weighted by Crippen LogP contribution is 2.43. The Labute approximate surface area is 176 Å². The van der Waals surface area contributed by atoms with Crippen LogP contribution in [0.4, 0.5) is 14.6 Å². The summed E-state index contributed by atoms with van der Waals surface area (Å²) in [6.07, 6.45) is 2.55. The quantitative estimate of drug-likeness (QED) is 0.574. The van der Waals surface area contributed by atoms with E-state index in [1.54, 1.807) is 18.3 Å². The molecule has 156 valence electrons. The van der Waals surface area contributed by atoms with E-state index in [9.17, 15) is 0 Å². The van der Waals surface area contributed by atoms with Crippen LogP contribution in [0.5, 0.6) is 11.5 Å². The standard InChI is InChI=1S/C21H18ClF2N3O3/c1-28-14-7-15(29-2)19(24)17(18(14)23)13-5-11-8-25-16(22)6-12(11)20(26-13)27-9-21(10-27)3-4-30-21/h5-8H,3-4,9-10H2,1-2H3. The summed E-state index contributed by atoms with van der Waals surface area (Å²) in [6, 6.07) is 4.46.